The van der Waals surface area contributed by atoms with Gasteiger partial charge in [-0.1, -0.05) is 30.3 Å². The second-order valence-corrected chi connectivity index (χ2v) is 4.74. The number of fused-ring (bicyclic) bond motifs is 1. The second-order valence-electron chi connectivity index (χ2n) is 4.74. The van der Waals surface area contributed by atoms with E-state index < -0.39 is 0 Å². The highest BCUT2D eigenvalue weighted by Gasteiger charge is 1.98. The van der Waals surface area contributed by atoms with Crippen LogP contribution in [-0.2, 0) is 13.0 Å². The summed E-state index contributed by atoms with van der Waals surface area (Å²) in [6.07, 6.45) is 2.77. The Balaban J connectivity index is 1.55. The minimum atomic E-state index is 0.789. The molecule has 0 amide bonds. The molecule has 2 heterocycles. The van der Waals surface area contributed by atoms with E-state index in [1.165, 1.54) is 5.39 Å². The van der Waals surface area contributed by atoms with E-state index in [0.717, 1.165) is 36.4 Å². The molecule has 3 rings (SSSR count). The average Bonchev–Trinajstić information content (AvgIpc) is 2.52. The Labute approximate surface area is 118 Å². The maximum Gasteiger partial charge on any atom is 0.0705 e. The zero-order valence-corrected chi connectivity index (χ0v) is 11.3. The topological polar surface area (TPSA) is 37.8 Å². The van der Waals surface area contributed by atoms with Gasteiger partial charge >= 0.3 is 0 Å². The van der Waals surface area contributed by atoms with Gasteiger partial charge in [-0.15, -0.1) is 0 Å². The molecule has 0 aliphatic carbocycles. The fraction of sp³-hybridized carbons (Fsp3) is 0.176. The Kier molecular flexibility index (Phi) is 3.99. The first-order valence-corrected chi connectivity index (χ1v) is 6.87. The minimum Gasteiger partial charge on any atom is -0.311 e. The van der Waals surface area contributed by atoms with Crippen molar-refractivity contribution in [2.75, 3.05) is 6.54 Å². The lowest BCUT2D eigenvalue weighted by Gasteiger charge is -2.05. The lowest BCUT2D eigenvalue weighted by molar-refractivity contribution is 0.670. The zero-order valence-electron chi connectivity index (χ0n) is 11.3. The molecule has 0 bridgehead atoms. The highest BCUT2D eigenvalue weighted by molar-refractivity contribution is 5.78. The smallest absolute Gasteiger partial charge is 0.0705 e. The molecule has 0 atom stereocenters. The molecule has 2 aromatic heterocycles. The summed E-state index contributed by atoms with van der Waals surface area (Å²) in [7, 11) is 0. The van der Waals surface area contributed by atoms with Crippen LogP contribution in [0.1, 0.15) is 11.4 Å². The summed E-state index contributed by atoms with van der Waals surface area (Å²) in [5.41, 5.74) is 3.24. The second kappa shape index (κ2) is 6.26. The molecular formula is C17H17N3. The summed E-state index contributed by atoms with van der Waals surface area (Å²) in [5.74, 6) is 0. The molecule has 0 fully saturated rings. The van der Waals surface area contributed by atoms with Crippen molar-refractivity contribution in [1.29, 1.82) is 0 Å². The fourth-order valence-electron chi connectivity index (χ4n) is 2.19. The highest BCUT2D eigenvalue weighted by atomic mass is 14.9. The van der Waals surface area contributed by atoms with Gasteiger partial charge in [0.25, 0.3) is 0 Å². The SMILES string of the molecule is c1ccc(CCNCc2ccc3ccccc3n2)nc1. The molecule has 100 valence electrons. The molecule has 0 saturated heterocycles. The van der Waals surface area contributed by atoms with Gasteiger partial charge < -0.3 is 5.32 Å². The third-order valence-electron chi connectivity index (χ3n) is 3.25. The highest BCUT2D eigenvalue weighted by Crippen LogP contribution is 2.11. The predicted octanol–water partition coefficient (Wildman–Crippen LogP) is 2.96. The first-order chi connectivity index (χ1) is 9.92. The Hall–Kier alpha value is -2.26. The van der Waals surface area contributed by atoms with Crippen molar-refractivity contribution in [1.82, 2.24) is 15.3 Å². The van der Waals surface area contributed by atoms with Crippen LogP contribution in [0, 0.1) is 0 Å². The lowest BCUT2D eigenvalue weighted by Crippen LogP contribution is -2.17. The monoisotopic (exact) mass is 263 g/mol. The van der Waals surface area contributed by atoms with Gasteiger partial charge in [0.2, 0.25) is 0 Å². The van der Waals surface area contributed by atoms with Gasteiger partial charge in [-0.25, -0.2) is 0 Å². The molecule has 0 saturated carbocycles. The van der Waals surface area contributed by atoms with Crippen molar-refractivity contribution in [3.8, 4) is 0 Å². The predicted molar refractivity (Wildman–Crippen MR) is 81.4 cm³/mol. The Morgan fingerprint density at radius 2 is 1.75 bits per heavy atom. The van der Waals surface area contributed by atoms with Crippen molar-refractivity contribution in [3.05, 3.63) is 72.2 Å². The van der Waals surface area contributed by atoms with Gasteiger partial charge in [-0.2, -0.15) is 0 Å². The van der Waals surface area contributed by atoms with E-state index in [1.807, 2.05) is 36.5 Å². The van der Waals surface area contributed by atoms with Crippen LogP contribution in [0.2, 0.25) is 0 Å². The summed E-state index contributed by atoms with van der Waals surface area (Å²) >= 11 is 0. The molecule has 0 aliphatic rings. The van der Waals surface area contributed by atoms with Crippen LogP contribution in [0.3, 0.4) is 0 Å². The standard InChI is InChI=1S/C17H17N3/c1-2-7-17-14(5-1)8-9-16(20-17)13-18-12-10-15-6-3-4-11-19-15/h1-9,11,18H,10,12-13H2. The van der Waals surface area contributed by atoms with Crippen LogP contribution in [0.4, 0.5) is 0 Å². The number of para-hydroxylation sites is 1. The van der Waals surface area contributed by atoms with Crippen LogP contribution in [0.5, 0.6) is 0 Å². The maximum absolute atomic E-state index is 4.64. The molecule has 0 aliphatic heterocycles. The van der Waals surface area contributed by atoms with Crippen LogP contribution in [-0.4, -0.2) is 16.5 Å². The zero-order chi connectivity index (χ0) is 13.6. The van der Waals surface area contributed by atoms with Gasteiger partial charge in [-0.3, -0.25) is 9.97 Å². The molecule has 3 aromatic rings. The van der Waals surface area contributed by atoms with Crippen molar-refractivity contribution in [3.63, 3.8) is 0 Å². The third-order valence-corrected chi connectivity index (χ3v) is 3.25. The largest absolute Gasteiger partial charge is 0.311 e. The molecule has 3 nitrogen and oxygen atoms in total. The molecule has 0 spiro atoms. The molecule has 0 radical (unpaired) electrons. The Bertz CT molecular complexity index is 680. The van der Waals surface area contributed by atoms with Gasteiger partial charge in [-0.05, 0) is 24.3 Å². The molecule has 3 heteroatoms. The van der Waals surface area contributed by atoms with Gasteiger partial charge in [0.15, 0.2) is 0 Å². The summed E-state index contributed by atoms with van der Waals surface area (Å²) in [6.45, 7) is 1.70. The van der Waals surface area contributed by atoms with Crippen LogP contribution in [0.15, 0.2) is 60.8 Å². The summed E-state index contributed by atoms with van der Waals surface area (Å²) in [5, 5.41) is 4.60. The van der Waals surface area contributed by atoms with Crippen molar-refractivity contribution in [2.45, 2.75) is 13.0 Å². The van der Waals surface area contributed by atoms with Gasteiger partial charge in [0.1, 0.15) is 0 Å². The number of rotatable bonds is 5. The molecular weight excluding hydrogens is 246 g/mol. The number of nitrogens with zero attached hydrogens (tertiary/aromatic N) is 2. The average molecular weight is 263 g/mol. The van der Waals surface area contributed by atoms with Crippen molar-refractivity contribution in [2.24, 2.45) is 0 Å². The van der Waals surface area contributed by atoms with Crippen LogP contribution in [0.25, 0.3) is 10.9 Å². The first-order valence-electron chi connectivity index (χ1n) is 6.87. The fourth-order valence-corrected chi connectivity index (χ4v) is 2.19. The van der Waals surface area contributed by atoms with Gasteiger partial charge in [0.05, 0.1) is 11.2 Å². The van der Waals surface area contributed by atoms with E-state index >= 15 is 0 Å². The van der Waals surface area contributed by atoms with E-state index in [2.05, 4.69) is 39.6 Å². The van der Waals surface area contributed by atoms with E-state index in [0.29, 0.717) is 0 Å². The van der Waals surface area contributed by atoms with E-state index in [-0.39, 0.29) is 0 Å². The normalized spacial score (nSPS) is 10.8. The first kappa shape index (κ1) is 12.8. The van der Waals surface area contributed by atoms with Crippen molar-refractivity contribution < 1.29 is 0 Å². The number of hydrogen-bond acceptors (Lipinski definition) is 3. The van der Waals surface area contributed by atoms with Gasteiger partial charge in [0, 0.05) is 36.8 Å². The van der Waals surface area contributed by atoms with E-state index in [4.69, 9.17) is 0 Å². The maximum atomic E-state index is 4.64. The molecule has 20 heavy (non-hydrogen) atoms. The number of hydrogen-bond donors (Lipinski definition) is 1. The van der Waals surface area contributed by atoms with Crippen LogP contribution >= 0.6 is 0 Å². The number of nitrogens with one attached hydrogen (secondary N) is 1. The third kappa shape index (κ3) is 3.19. The number of aromatic nitrogens is 2. The lowest BCUT2D eigenvalue weighted by atomic mass is 10.2. The quantitative estimate of drug-likeness (QED) is 0.719. The summed E-state index contributed by atoms with van der Waals surface area (Å²) in [6, 6.07) is 18.4. The number of pyridine rings is 2. The summed E-state index contributed by atoms with van der Waals surface area (Å²) in [4.78, 5) is 8.95. The van der Waals surface area contributed by atoms with E-state index in [1.54, 1.807) is 0 Å². The van der Waals surface area contributed by atoms with E-state index in [9.17, 15) is 0 Å². The number of benzene rings is 1. The molecule has 1 aromatic carbocycles. The summed E-state index contributed by atoms with van der Waals surface area (Å²) < 4.78 is 0. The molecule has 1 N–H and O–H groups in total. The van der Waals surface area contributed by atoms with Crippen LogP contribution < -0.4 is 5.32 Å². The Morgan fingerprint density at radius 3 is 2.65 bits per heavy atom. The Morgan fingerprint density at radius 1 is 0.850 bits per heavy atom. The molecule has 0 unspecified atom stereocenters. The minimum absolute atomic E-state index is 0.789. The van der Waals surface area contributed by atoms with Crippen molar-refractivity contribution >= 4 is 10.9 Å².